The molecule has 0 aliphatic heterocycles. The van der Waals surface area contributed by atoms with Crippen LogP contribution in [0.15, 0.2) is 41.5 Å². The number of Topliss-reactive ketones (excluding diaryl/α,β-unsaturated/α-hetero) is 1. The number of carboxylic acids is 1. The van der Waals surface area contributed by atoms with Gasteiger partial charge in [-0.1, -0.05) is 77.4 Å². The monoisotopic (exact) mass is 731 g/mol. The molecule has 2 N–H and O–H groups in total. The summed E-state index contributed by atoms with van der Waals surface area (Å²) >= 11 is 0. The number of nitrogens with zero attached hydrogens (tertiary/aromatic N) is 1. The summed E-state index contributed by atoms with van der Waals surface area (Å²) in [6.07, 6.45) is 10.2. The number of fused-ring (bicyclic) bond motifs is 7. The number of carboxylic acid groups (broad SMARTS) is 1. The van der Waals surface area contributed by atoms with Crippen molar-refractivity contribution in [2.75, 3.05) is 27.2 Å². The lowest BCUT2D eigenvalue weighted by Crippen LogP contribution is -2.63. The zero-order valence-electron chi connectivity index (χ0n) is 34.6. The molecule has 5 aliphatic carbocycles. The number of hydrogen-bond acceptors (Lipinski definition) is 6. The molecule has 0 spiro atoms. The number of carbonyl (C=O) groups excluding carboxylic acids is 2. The molecule has 0 heterocycles. The summed E-state index contributed by atoms with van der Waals surface area (Å²) in [5, 5.41) is 13.6. The van der Waals surface area contributed by atoms with Gasteiger partial charge in [0.15, 0.2) is 5.78 Å². The molecular formula is C46H70N2O5. The van der Waals surface area contributed by atoms with Crippen LogP contribution < -0.4 is 5.32 Å². The second kappa shape index (κ2) is 14.5. The fourth-order valence-electron chi connectivity index (χ4n) is 13.4. The lowest BCUT2D eigenvalue weighted by molar-refractivity contribution is -0.213. The molecule has 0 aromatic heterocycles. The van der Waals surface area contributed by atoms with E-state index in [-0.39, 0.29) is 46.1 Å². The summed E-state index contributed by atoms with van der Waals surface area (Å²) < 4.78 is 6.18. The summed E-state index contributed by atoms with van der Waals surface area (Å²) in [4.78, 5) is 41.2. The Balaban J connectivity index is 1.22. The molecule has 0 bridgehead atoms. The minimum Gasteiger partial charge on any atom is -0.481 e. The third kappa shape index (κ3) is 7.09. The van der Waals surface area contributed by atoms with Crippen molar-refractivity contribution in [3.05, 3.63) is 47.0 Å². The molecule has 7 nitrogen and oxygen atoms in total. The van der Waals surface area contributed by atoms with E-state index in [2.05, 4.69) is 96.2 Å². The summed E-state index contributed by atoms with van der Waals surface area (Å²) in [5.74, 6) is 1.36. The van der Waals surface area contributed by atoms with Gasteiger partial charge in [-0.3, -0.25) is 14.4 Å². The van der Waals surface area contributed by atoms with E-state index in [1.165, 1.54) is 30.4 Å². The number of ether oxygens (including phenoxy) is 1. The Kier molecular flexibility index (Phi) is 11.0. The van der Waals surface area contributed by atoms with Crippen molar-refractivity contribution in [1.29, 1.82) is 0 Å². The molecule has 0 saturated heterocycles. The maximum absolute atomic E-state index is 14.1. The highest BCUT2D eigenvalue weighted by Gasteiger charge is 2.66. The van der Waals surface area contributed by atoms with Crippen molar-refractivity contribution in [2.24, 2.45) is 56.7 Å². The van der Waals surface area contributed by atoms with Crippen molar-refractivity contribution in [2.45, 2.75) is 138 Å². The number of likely N-dealkylation sites (N-methyl/N-ethyl adjacent to an activating group) is 1. The van der Waals surface area contributed by atoms with Gasteiger partial charge in [0.1, 0.15) is 6.10 Å². The van der Waals surface area contributed by atoms with E-state index < -0.39 is 17.4 Å². The Labute approximate surface area is 320 Å². The highest BCUT2D eigenvalue weighted by Crippen LogP contribution is 2.73. The number of aliphatic carboxylic acids is 1. The molecule has 0 radical (unpaired) electrons. The average Bonchev–Trinajstić information content (AvgIpc) is 3.37. The number of rotatable bonds is 12. The Hall–Kier alpha value is -2.51. The minimum atomic E-state index is -1.14. The lowest BCUT2D eigenvalue weighted by Gasteiger charge is -2.69. The van der Waals surface area contributed by atoms with E-state index in [0.29, 0.717) is 35.9 Å². The van der Waals surface area contributed by atoms with Crippen molar-refractivity contribution in [1.82, 2.24) is 10.2 Å². The maximum Gasteiger partial charge on any atom is 0.309 e. The average molecular weight is 731 g/mol. The molecular weight excluding hydrogens is 661 g/mol. The van der Waals surface area contributed by atoms with Gasteiger partial charge in [0.2, 0.25) is 0 Å². The van der Waals surface area contributed by atoms with Crippen LogP contribution in [0.4, 0.5) is 0 Å². The van der Waals surface area contributed by atoms with Crippen LogP contribution in [0.2, 0.25) is 0 Å². The predicted octanol–water partition coefficient (Wildman–Crippen LogP) is 9.27. The molecule has 8 unspecified atom stereocenters. The number of allylic oxidation sites excluding steroid dienone is 2. The molecule has 294 valence electrons. The molecule has 5 aliphatic rings. The van der Waals surface area contributed by atoms with Crippen LogP contribution in [0.1, 0.15) is 138 Å². The SMILES string of the molecule is CC(C)C1=C2C3CCC4C(C)(CCC5C(C)(C)C(OC(=O)CC(C)(C)C(=O)O)CCC54C)C3CCC2(CCN[C@H](CN(C)C)c2ccccc2)CC1=O. The van der Waals surface area contributed by atoms with Crippen LogP contribution in [0.3, 0.4) is 0 Å². The maximum atomic E-state index is 14.1. The number of nitrogens with one attached hydrogen (secondary N) is 1. The number of carbonyl (C=O) groups is 3. The van der Waals surface area contributed by atoms with E-state index in [9.17, 15) is 19.5 Å². The van der Waals surface area contributed by atoms with E-state index in [4.69, 9.17) is 4.74 Å². The Morgan fingerprint density at radius 1 is 0.943 bits per heavy atom. The second-order valence-electron chi connectivity index (χ2n) is 20.5. The van der Waals surface area contributed by atoms with Crippen LogP contribution in [0.25, 0.3) is 0 Å². The van der Waals surface area contributed by atoms with Crippen molar-refractivity contribution >= 4 is 17.7 Å². The predicted molar refractivity (Wildman–Crippen MR) is 211 cm³/mol. The van der Waals surface area contributed by atoms with Gasteiger partial charge in [-0.15, -0.1) is 0 Å². The minimum absolute atomic E-state index is 0.0341. The molecule has 9 atom stereocenters. The normalized spacial score (nSPS) is 35.7. The summed E-state index contributed by atoms with van der Waals surface area (Å²) in [6, 6.07) is 11.0. The van der Waals surface area contributed by atoms with E-state index in [1.807, 2.05) is 0 Å². The number of benzene rings is 1. The van der Waals surface area contributed by atoms with Gasteiger partial charge in [0.25, 0.3) is 0 Å². The smallest absolute Gasteiger partial charge is 0.309 e. The first kappa shape index (κ1) is 40.2. The molecule has 7 heteroatoms. The highest BCUT2D eigenvalue weighted by atomic mass is 16.5. The molecule has 53 heavy (non-hydrogen) atoms. The first-order valence-corrected chi connectivity index (χ1v) is 20.9. The third-order valence-corrected chi connectivity index (χ3v) is 15.9. The Bertz CT molecular complexity index is 1580. The van der Waals surface area contributed by atoms with E-state index in [1.54, 1.807) is 19.4 Å². The highest BCUT2D eigenvalue weighted by molar-refractivity contribution is 6.00. The van der Waals surface area contributed by atoms with Gasteiger partial charge in [-0.05, 0) is 144 Å². The molecule has 1 aromatic rings. The van der Waals surface area contributed by atoms with Gasteiger partial charge in [0, 0.05) is 29.8 Å². The molecule has 4 saturated carbocycles. The van der Waals surface area contributed by atoms with E-state index in [0.717, 1.165) is 51.6 Å². The van der Waals surface area contributed by atoms with Gasteiger partial charge < -0.3 is 20.1 Å². The molecule has 0 amide bonds. The van der Waals surface area contributed by atoms with Crippen molar-refractivity contribution in [3.63, 3.8) is 0 Å². The van der Waals surface area contributed by atoms with Gasteiger partial charge in [-0.2, -0.15) is 0 Å². The van der Waals surface area contributed by atoms with Crippen LogP contribution in [0, 0.1) is 56.7 Å². The van der Waals surface area contributed by atoms with Crippen molar-refractivity contribution in [3.8, 4) is 0 Å². The fraction of sp³-hybridized carbons (Fsp3) is 0.761. The molecule has 1 aromatic carbocycles. The zero-order valence-corrected chi connectivity index (χ0v) is 34.6. The van der Waals surface area contributed by atoms with E-state index >= 15 is 0 Å². The van der Waals surface area contributed by atoms with Crippen LogP contribution >= 0.6 is 0 Å². The summed E-state index contributed by atoms with van der Waals surface area (Å²) in [7, 11) is 4.28. The topological polar surface area (TPSA) is 95.9 Å². The van der Waals surface area contributed by atoms with Gasteiger partial charge >= 0.3 is 11.9 Å². The quantitative estimate of drug-likeness (QED) is 0.207. The Morgan fingerprint density at radius 2 is 1.62 bits per heavy atom. The zero-order chi connectivity index (χ0) is 38.7. The number of hydrogen-bond donors (Lipinski definition) is 2. The standard InChI is InChI=1S/C46H70N2O5/c1-29(2)39-34(49)26-46(24-25-47-33(28-48(9)10)30-14-12-11-13-15-30)23-18-32-31(40(39)46)16-17-36-44(32,7)21-19-35-43(5,6)37(20-22-45(35,36)8)53-38(50)27-42(3,4)41(51)52/h11-15,29,31-33,35-37,47H,16-28H2,1-10H3,(H,51,52)/t31?,32?,33-,35?,36?,37?,44?,45?,46?/m1/s1. The Morgan fingerprint density at radius 3 is 2.26 bits per heavy atom. The second-order valence-corrected chi connectivity index (χ2v) is 20.5. The largest absolute Gasteiger partial charge is 0.481 e. The molecule has 4 fully saturated rings. The van der Waals surface area contributed by atoms with Crippen LogP contribution in [-0.4, -0.2) is 61.0 Å². The van der Waals surface area contributed by atoms with Gasteiger partial charge in [-0.25, -0.2) is 0 Å². The summed E-state index contributed by atoms with van der Waals surface area (Å²) in [5.41, 5.74) is 3.02. The fourth-order valence-corrected chi connectivity index (χ4v) is 13.4. The first-order chi connectivity index (χ1) is 24.8. The van der Waals surface area contributed by atoms with Crippen molar-refractivity contribution < 1.29 is 24.2 Å². The number of esters is 1. The number of ketones is 1. The third-order valence-electron chi connectivity index (χ3n) is 15.9. The molecule has 6 rings (SSSR count). The summed E-state index contributed by atoms with van der Waals surface area (Å²) in [6.45, 7) is 19.3. The van der Waals surface area contributed by atoms with Crippen LogP contribution in [0.5, 0.6) is 0 Å². The first-order valence-electron chi connectivity index (χ1n) is 20.9. The van der Waals surface area contributed by atoms with Crippen LogP contribution in [-0.2, 0) is 19.1 Å². The van der Waals surface area contributed by atoms with Gasteiger partial charge in [0.05, 0.1) is 11.8 Å². The lowest BCUT2D eigenvalue weighted by atomic mass is 9.36.